The Morgan fingerprint density at radius 1 is 1.20 bits per heavy atom. The molecule has 2 aliphatic heterocycles. The Balaban J connectivity index is 0.000000442. The van der Waals surface area contributed by atoms with Crippen molar-refractivity contribution in [3.05, 3.63) is 11.3 Å². The number of nitrogens with two attached hydrogens (primary N) is 1. The van der Waals surface area contributed by atoms with Gasteiger partial charge in [0, 0.05) is 18.3 Å². The predicted molar refractivity (Wildman–Crippen MR) is 68.8 cm³/mol. The Kier molecular flexibility index (Phi) is 7.49. The van der Waals surface area contributed by atoms with Crippen molar-refractivity contribution in [3.8, 4) is 0 Å². The first-order chi connectivity index (χ1) is 7.27. The minimum Gasteiger partial charge on any atom is -0.401 e. The second-order valence-electron chi connectivity index (χ2n) is 3.78. The third-order valence-corrected chi connectivity index (χ3v) is 2.96. The molecule has 0 spiro atoms. The Morgan fingerprint density at radius 2 is 1.80 bits per heavy atom. The van der Waals surface area contributed by atoms with Crippen molar-refractivity contribution in [2.24, 2.45) is 5.73 Å². The highest BCUT2D eigenvalue weighted by Crippen LogP contribution is 2.28. The Hall–Kier alpha value is -0.500. The summed E-state index contributed by atoms with van der Waals surface area (Å²) >= 11 is 0. The lowest BCUT2D eigenvalue weighted by atomic mass is 10.00. The van der Waals surface area contributed by atoms with Gasteiger partial charge in [-0.15, -0.1) is 0 Å². The van der Waals surface area contributed by atoms with Gasteiger partial charge in [0.2, 0.25) is 0 Å². The van der Waals surface area contributed by atoms with Crippen molar-refractivity contribution >= 4 is 0 Å². The van der Waals surface area contributed by atoms with Gasteiger partial charge in [-0.25, -0.2) is 0 Å². The summed E-state index contributed by atoms with van der Waals surface area (Å²) in [7, 11) is 0. The van der Waals surface area contributed by atoms with Crippen molar-refractivity contribution in [1.82, 2.24) is 4.90 Å². The van der Waals surface area contributed by atoms with Crippen LogP contribution in [0, 0.1) is 0 Å². The van der Waals surface area contributed by atoms with Gasteiger partial charge in [0.1, 0.15) is 0 Å². The van der Waals surface area contributed by atoms with Crippen molar-refractivity contribution in [1.29, 1.82) is 0 Å². The van der Waals surface area contributed by atoms with E-state index in [1.54, 1.807) is 0 Å². The highest BCUT2D eigenvalue weighted by atomic mass is 15.2. The number of hydrogen-bond donors (Lipinski definition) is 1. The molecule has 90 valence electrons. The fraction of sp³-hybridized carbons (Fsp3) is 0.846. The second kappa shape index (κ2) is 7.75. The lowest BCUT2D eigenvalue weighted by Gasteiger charge is -2.30. The van der Waals surface area contributed by atoms with E-state index >= 15 is 0 Å². The molecule has 0 amide bonds. The fourth-order valence-corrected chi connectivity index (χ4v) is 2.17. The molecule has 2 nitrogen and oxygen atoms in total. The molecule has 0 aromatic rings. The Labute approximate surface area is 95.5 Å². The van der Waals surface area contributed by atoms with Gasteiger partial charge < -0.3 is 5.73 Å². The number of fused-ring (bicyclic) bond motifs is 1. The summed E-state index contributed by atoms with van der Waals surface area (Å²) in [6.07, 6.45) is 3.96. The van der Waals surface area contributed by atoms with E-state index in [1.807, 2.05) is 27.7 Å². The van der Waals surface area contributed by atoms with E-state index < -0.39 is 0 Å². The first kappa shape index (κ1) is 14.5. The Bertz CT molecular complexity index is 177. The molecule has 1 unspecified atom stereocenters. The lowest BCUT2D eigenvalue weighted by molar-refractivity contribution is 0.256. The van der Waals surface area contributed by atoms with Gasteiger partial charge in [-0.2, -0.15) is 0 Å². The van der Waals surface area contributed by atoms with E-state index in [4.69, 9.17) is 5.73 Å². The van der Waals surface area contributed by atoms with E-state index in [9.17, 15) is 0 Å². The standard InChI is InChI=1S/C9H16N2.2C2H6/c1-7-5-8-3-2-4-11(8)6-9(7)10;2*1-2/h8H,2-6,10H2,1H3;2*1-2H3. The summed E-state index contributed by atoms with van der Waals surface area (Å²) in [4.78, 5) is 2.52. The quantitative estimate of drug-likeness (QED) is 0.668. The monoisotopic (exact) mass is 212 g/mol. The maximum Gasteiger partial charge on any atom is 0.0382 e. The van der Waals surface area contributed by atoms with Crippen LogP contribution in [0.1, 0.15) is 53.9 Å². The van der Waals surface area contributed by atoms with Crippen LogP contribution in [-0.4, -0.2) is 24.0 Å². The lowest BCUT2D eigenvalue weighted by Crippen LogP contribution is -2.37. The Morgan fingerprint density at radius 3 is 2.40 bits per heavy atom. The summed E-state index contributed by atoms with van der Waals surface area (Å²) in [6.45, 7) is 12.5. The van der Waals surface area contributed by atoms with Crippen LogP contribution in [0.5, 0.6) is 0 Å². The molecule has 0 saturated carbocycles. The van der Waals surface area contributed by atoms with Crippen molar-refractivity contribution in [2.75, 3.05) is 13.1 Å². The summed E-state index contributed by atoms with van der Waals surface area (Å²) < 4.78 is 0. The first-order valence-corrected chi connectivity index (χ1v) is 6.45. The highest BCUT2D eigenvalue weighted by Gasteiger charge is 2.28. The number of rotatable bonds is 0. The summed E-state index contributed by atoms with van der Waals surface area (Å²) in [5.41, 5.74) is 8.41. The third kappa shape index (κ3) is 3.86. The van der Waals surface area contributed by atoms with Gasteiger partial charge in [-0.05, 0) is 32.7 Å². The molecule has 0 aliphatic carbocycles. The van der Waals surface area contributed by atoms with Gasteiger partial charge in [-0.3, -0.25) is 4.90 Å². The molecule has 1 saturated heterocycles. The summed E-state index contributed by atoms with van der Waals surface area (Å²) in [6, 6.07) is 0.822. The van der Waals surface area contributed by atoms with Gasteiger partial charge in [0.15, 0.2) is 0 Å². The molecule has 15 heavy (non-hydrogen) atoms. The topological polar surface area (TPSA) is 29.3 Å². The molecule has 1 fully saturated rings. The average Bonchev–Trinajstić information content (AvgIpc) is 2.72. The van der Waals surface area contributed by atoms with Crippen LogP contribution in [0.2, 0.25) is 0 Å². The van der Waals surface area contributed by atoms with Crippen LogP contribution in [0.4, 0.5) is 0 Å². The number of nitrogens with zero attached hydrogens (tertiary/aromatic N) is 1. The molecule has 0 aromatic heterocycles. The van der Waals surface area contributed by atoms with Crippen LogP contribution in [-0.2, 0) is 0 Å². The van der Waals surface area contributed by atoms with E-state index in [2.05, 4.69) is 11.8 Å². The van der Waals surface area contributed by atoms with Crippen LogP contribution in [0.15, 0.2) is 11.3 Å². The van der Waals surface area contributed by atoms with E-state index in [-0.39, 0.29) is 0 Å². The smallest absolute Gasteiger partial charge is 0.0382 e. The summed E-state index contributed by atoms with van der Waals surface area (Å²) in [5, 5.41) is 0. The third-order valence-electron chi connectivity index (χ3n) is 2.96. The largest absolute Gasteiger partial charge is 0.401 e. The van der Waals surface area contributed by atoms with E-state index in [0.29, 0.717) is 0 Å². The molecule has 2 heterocycles. The molecule has 2 N–H and O–H groups in total. The molecule has 1 atom stereocenters. The zero-order valence-electron chi connectivity index (χ0n) is 11.1. The molecular formula is C13H28N2. The summed E-state index contributed by atoms with van der Waals surface area (Å²) in [5.74, 6) is 0. The maximum atomic E-state index is 5.87. The predicted octanol–water partition coefficient (Wildman–Crippen LogP) is 3.14. The zero-order chi connectivity index (χ0) is 11.8. The highest BCUT2D eigenvalue weighted by molar-refractivity contribution is 5.16. The molecule has 0 radical (unpaired) electrons. The normalized spacial score (nSPS) is 24.7. The van der Waals surface area contributed by atoms with Crippen LogP contribution < -0.4 is 5.73 Å². The van der Waals surface area contributed by atoms with Crippen molar-refractivity contribution in [3.63, 3.8) is 0 Å². The first-order valence-electron chi connectivity index (χ1n) is 6.45. The van der Waals surface area contributed by atoms with Crippen LogP contribution in [0.3, 0.4) is 0 Å². The van der Waals surface area contributed by atoms with Crippen molar-refractivity contribution < 1.29 is 0 Å². The molecular weight excluding hydrogens is 184 g/mol. The molecule has 0 bridgehead atoms. The molecule has 0 aromatic carbocycles. The van der Waals surface area contributed by atoms with Gasteiger partial charge in [-0.1, -0.05) is 33.3 Å². The van der Waals surface area contributed by atoms with Crippen LogP contribution >= 0.6 is 0 Å². The van der Waals surface area contributed by atoms with Gasteiger partial charge in [0.25, 0.3) is 0 Å². The molecule has 2 heteroatoms. The van der Waals surface area contributed by atoms with E-state index in [1.165, 1.54) is 31.4 Å². The fourth-order valence-electron chi connectivity index (χ4n) is 2.17. The maximum absolute atomic E-state index is 5.87. The zero-order valence-corrected chi connectivity index (χ0v) is 11.1. The van der Waals surface area contributed by atoms with Gasteiger partial charge >= 0.3 is 0 Å². The van der Waals surface area contributed by atoms with Gasteiger partial charge in [0.05, 0.1) is 0 Å². The average molecular weight is 212 g/mol. The van der Waals surface area contributed by atoms with Crippen molar-refractivity contribution in [2.45, 2.75) is 59.9 Å². The van der Waals surface area contributed by atoms with E-state index in [0.717, 1.165) is 18.3 Å². The SMILES string of the molecule is CC.CC.CC1=C(N)CN2CCCC2C1. The number of hydrogen-bond acceptors (Lipinski definition) is 2. The minimum absolute atomic E-state index is 0.822. The van der Waals surface area contributed by atoms with Crippen LogP contribution in [0.25, 0.3) is 0 Å². The second-order valence-corrected chi connectivity index (χ2v) is 3.78. The molecule has 2 rings (SSSR count). The minimum atomic E-state index is 0.822. The molecule has 2 aliphatic rings.